The van der Waals surface area contributed by atoms with Gasteiger partial charge in [-0.05, 0) is 96.3 Å². The Labute approximate surface area is 514 Å². The molecule has 8 unspecified atom stereocenters. The molecule has 1 aliphatic rings. The van der Waals surface area contributed by atoms with Gasteiger partial charge < -0.3 is 45.1 Å². The number of aliphatic hydroxyl groups excluding tert-OH is 5. The number of unbranched alkanes of at least 4 members (excludes halogenated alkanes) is 33. The summed E-state index contributed by atoms with van der Waals surface area (Å²) in [6.07, 6.45) is 69.0. The van der Waals surface area contributed by atoms with E-state index in [9.17, 15) is 35.1 Å². The maximum atomic E-state index is 13.5. The summed E-state index contributed by atoms with van der Waals surface area (Å²) in [5, 5.41) is 57.2. The average Bonchev–Trinajstić information content (AvgIpc) is 3.69. The highest BCUT2D eigenvalue weighted by atomic mass is 16.7. The van der Waals surface area contributed by atoms with Crippen LogP contribution in [0.1, 0.15) is 303 Å². The van der Waals surface area contributed by atoms with E-state index in [4.69, 9.17) is 14.2 Å². The second kappa shape index (κ2) is 60.1. The first-order valence-corrected chi connectivity index (χ1v) is 34.9. The number of ether oxygens (including phenoxy) is 3. The number of allylic oxidation sites excluding steroid dienone is 13. The quantitative estimate of drug-likeness (QED) is 0.0195. The molecule has 8 atom stereocenters. The fourth-order valence-corrected chi connectivity index (χ4v) is 10.6. The molecule has 1 saturated heterocycles. The van der Waals surface area contributed by atoms with Crippen molar-refractivity contribution in [1.82, 2.24) is 5.32 Å². The number of hydrogen-bond acceptors (Lipinski definition) is 10. The first-order valence-electron chi connectivity index (χ1n) is 34.9. The number of carbonyl (C=O) groups excluding carboxylic acids is 2. The van der Waals surface area contributed by atoms with Gasteiger partial charge >= 0.3 is 5.97 Å². The highest BCUT2D eigenvalue weighted by Crippen LogP contribution is 2.26. The van der Waals surface area contributed by atoms with Gasteiger partial charge in [0.25, 0.3) is 0 Å². The van der Waals surface area contributed by atoms with Gasteiger partial charge in [-0.3, -0.25) is 9.59 Å². The van der Waals surface area contributed by atoms with Crippen LogP contribution < -0.4 is 5.32 Å². The van der Waals surface area contributed by atoms with Crippen LogP contribution in [0.25, 0.3) is 0 Å². The lowest BCUT2D eigenvalue weighted by molar-refractivity contribution is -0.305. The average molecular weight is 1180 g/mol. The van der Waals surface area contributed by atoms with E-state index in [1.54, 1.807) is 6.08 Å². The minimum absolute atomic E-state index is 0.0987. The molecule has 6 N–H and O–H groups in total. The molecule has 84 heavy (non-hydrogen) atoms. The number of hydrogen-bond donors (Lipinski definition) is 6. The highest BCUT2D eigenvalue weighted by molar-refractivity contribution is 5.80. The van der Waals surface area contributed by atoms with E-state index in [-0.39, 0.29) is 19.4 Å². The maximum absolute atomic E-state index is 13.5. The van der Waals surface area contributed by atoms with Gasteiger partial charge in [-0.1, -0.05) is 286 Å². The Hall–Kier alpha value is -3.16. The van der Waals surface area contributed by atoms with Crippen LogP contribution in [0.3, 0.4) is 0 Å². The normalized spacial score (nSPS) is 19.0. The number of esters is 1. The summed E-state index contributed by atoms with van der Waals surface area (Å²) in [5.74, 6) is -1.21. The monoisotopic (exact) mass is 1180 g/mol. The molecule has 0 aromatic heterocycles. The maximum Gasteiger partial charge on any atom is 0.306 e. The van der Waals surface area contributed by atoms with Gasteiger partial charge in [0.15, 0.2) is 12.4 Å². The predicted octanol–water partition coefficient (Wildman–Crippen LogP) is 17.7. The zero-order chi connectivity index (χ0) is 61.0. The molecule has 0 aliphatic carbocycles. The summed E-state index contributed by atoms with van der Waals surface area (Å²) in [6, 6.07) is -1.03. The van der Waals surface area contributed by atoms with E-state index < -0.39 is 67.4 Å². The van der Waals surface area contributed by atoms with Crippen molar-refractivity contribution in [1.29, 1.82) is 0 Å². The van der Waals surface area contributed by atoms with Crippen molar-refractivity contribution in [2.75, 3.05) is 13.2 Å². The van der Waals surface area contributed by atoms with Crippen LogP contribution in [0, 0.1) is 0 Å². The molecule has 1 heterocycles. The van der Waals surface area contributed by atoms with Crippen LogP contribution in [0.4, 0.5) is 0 Å². The standard InChI is InChI=1S/C73H129NO10/c1-4-7-10-13-16-19-22-25-27-29-31-33-35-36-38-40-42-45-48-51-54-57-60-66(77)72(81)74-64(65(76)59-56-53-50-47-44-24-21-18-15-12-9-6-3)63-82-73-71(70(80)69(79)67(62-75)83-73)84-68(78)61-58-55-52-49-46-43-41-39-37-34-32-30-28-26-23-20-17-14-11-8-5-2/h8,11,17,20,25-28,32,34,39,41,56,59,64-67,69-71,73,75-77,79-80H,4-7,9-10,12-16,18-19,21-24,29-31,33,35-38,40,42-55,57-58,60-63H2,1-3H3,(H,74,81)/b11-8-,20-17-,27-25+,28-26-,34-32-,41-39-,59-56+. The molecule has 0 saturated carbocycles. The van der Waals surface area contributed by atoms with Gasteiger partial charge in [0.1, 0.15) is 24.4 Å². The van der Waals surface area contributed by atoms with Crippen LogP contribution in [-0.4, -0.2) is 99.6 Å². The largest absolute Gasteiger partial charge is 0.454 e. The first kappa shape index (κ1) is 78.9. The third-order valence-electron chi connectivity index (χ3n) is 16.0. The van der Waals surface area contributed by atoms with Crippen LogP contribution in [0.5, 0.6) is 0 Å². The summed E-state index contributed by atoms with van der Waals surface area (Å²) in [6.45, 7) is 5.69. The van der Waals surface area contributed by atoms with Gasteiger partial charge in [0.2, 0.25) is 5.91 Å². The van der Waals surface area contributed by atoms with Crippen molar-refractivity contribution < 1.29 is 49.3 Å². The van der Waals surface area contributed by atoms with E-state index >= 15 is 0 Å². The Morgan fingerprint density at radius 2 is 0.857 bits per heavy atom. The summed E-state index contributed by atoms with van der Waals surface area (Å²) in [7, 11) is 0. The molecule has 1 amide bonds. The smallest absolute Gasteiger partial charge is 0.306 e. The summed E-state index contributed by atoms with van der Waals surface area (Å²) >= 11 is 0. The van der Waals surface area contributed by atoms with Gasteiger partial charge in [0.05, 0.1) is 25.4 Å². The third kappa shape index (κ3) is 47.0. The Morgan fingerprint density at radius 3 is 1.30 bits per heavy atom. The summed E-state index contributed by atoms with van der Waals surface area (Å²) < 4.78 is 17.7. The second-order valence-corrected chi connectivity index (χ2v) is 23.9. The van der Waals surface area contributed by atoms with Gasteiger partial charge in [-0.15, -0.1) is 0 Å². The second-order valence-electron chi connectivity index (χ2n) is 23.9. The molecule has 1 fully saturated rings. The Bertz CT molecular complexity index is 1690. The molecule has 0 spiro atoms. The summed E-state index contributed by atoms with van der Waals surface area (Å²) in [5.41, 5.74) is 0. The molecule has 11 nitrogen and oxygen atoms in total. The van der Waals surface area contributed by atoms with Crippen molar-refractivity contribution in [3.63, 3.8) is 0 Å². The molecule has 486 valence electrons. The lowest BCUT2D eigenvalue weighted by Crippen LogP contribution is -2.61. The SMILES string of the molecule is CC/C=C\C/C=C\C/C=C\C/C=C\C/C=C\CCCCCCCC(=O)OC1C(OCC(NC(=O)C(O)CCCCCCCCCCCCCC/C=C/CCCCCCCC)C(O)/C=C/CCCCCCCCCCCC)OC(CO)C(O)C1O. The Morgan fingerprint density at radius 1 is 0.476 bits per heavy atom. The number of carbonyl (C=O) groups is 2. The third-order valence-corrected chi connectivity index (χ3v) is 16.0. The summed E-state index contributed by atoms with van der Waals surface area (Å²) in [4.78, 5) is 26.7. The van der Waals surface area contributed by atoms with Crippen LogP contribution >= 0.6 is 0 Å². The predicted molar refractivity (Wildman–Crippen MR) is 352 cm³/mol. The number of aliphatic hydroxyl groups is 5. The lowest BCUT2D eigenvalue weighted by atomic mass is 9.99. The molecule has 1 rings (SSSR count). The fourth-order valence-electron chi connectivity index (χ4n) is 10.6. The molecular weight excluding hydrogens is 1050 g/mol. The van der Waals surface area contributed by atoms with E-state index in [0.29, 0.717) is 12.8 Å². The van der Waals surface area contributed by atoms with Crippen LogP contribution in [-0.2, 0) is 23.8 Å². The molecule has 11 heteroatoms. The van der Waals surface area contributed by atoms with Crippen LogP contribution in [0.2, 0.25) is 0 Å². The van der Waals surface area contributed by atoms with Crippen molar-refractivity contribution >= 4 is 11.9 Å². The van der Waals surface area contributed by atoms with E-state index in [2.05, 4.69) is 99.0 Å². The van der Waals surface area contributed by atoms with Gasteiger partial charge in [0, 0.05) is 6.42 Å². The fraction of sp³-hybridized carbons (Fsp3) is 0.781. The minimum atomic E-state index is -1.63. The van der Waals surface area contributed by atoms with E-state index in [0.717, 1.165) is 103 Å². The van der Waals surface area contributed by atoms with Crippen molar-refractivity contribution in [3.05, 3.63) is 85.1 Å². The molecule has 0 aromatic rings. The zero-order valence-corrected chi connectivity index (χ0v) is 54.0. The highest BCUT2D eigenvalue weighted by Gasteiger charge is 2.47. The van der Waals surface area contributed by atoms with Crippen LogP contribution in [0.15, 0.2) is 85.1 Å². The molecule has 0 aromatic carbocycles. The van der Waals surface area contributed by atoms with Crippen molar-refractivity contribution in [2.45, 2.75) is 352 Å². The molecular formula is C73H129NO10. The molecule has 0 radical (unpaired) electrons. The van der Waals surface area contributed by atoms with E-state index in [1.807, 2.05) is 6.08 Å². The van der Waals surface area contributed by atoms with Crippen molar-refractivity contribution in [3.8, 4) is 0 Å². The molecule has 1 aliphatic heterocycles. The minimum Gasteiger partial charge on any atom is -0.454 e. The molecule has 0 bridgehead atoms. The van der Waals surface area contributed by atoms with E-state index in [1.165, 1.54) is 154 Å². The topological polar surface area (TPSA) is 175 Å². The van der Waals surface area contributed by atoms with Crippen molar-refractivity contribution in [2.24, 2.45) is 0 Å². The number of amides is 1. The van der Waals surface area contributed by atoms with Gasteiger partial charge in [-0.2, -0.15) is 0 Å². The zero-order valence-electron chi connectivity index (χ0n) is 54.0. The Balaban J connectivity index is 2.61. The lowest BCUT2D eigenvalue weighted by Gasteiger charge is -2.41. The van der Waals surface area contributed by atoms with Gasteiger partial charge in [-0.25, -0.2) is 0 Å². The number of nitrogens with one attached hydrogen (secondary N) is 1. The number of rotatable bonds is 59. The first-order chi connectivity index (χ1) is 41.2. The Kier molecular flexibility index (Phi) is 56.5.